The second-order valence-corrected chi connectivity index (χ2v) is 9.16. The number of carboxylic acids is 1. The average Bonchev–Trinajstić information content (AvgIpc) is 3.17. The predicted molar refractivity (Wildman–Crippen MR) is 137 cm³/mol. The van der Waals surface area contributed by atoms with E-state index in [0.717, 1.165) is 27.8 Å². The van der Waals surface area contributed by atoms with E-state index in [1.807, 2.05) is 67.6 Å². The number of ether oxygens (including phenoxy) is 1. The number of aliphatic carboxylic acids is 1. The zero-order valence-electron chi connectivity index (χ0n) is 19.4. The van der Waals surface area contributed by atoms with E-state index in [2.05, 4.69) is 6.07 Å². The molecule has 0 aliphatic carbocycles. The number of carbonyl (C=O) groups is 1. The maximum absolute atomic E-state index is 12.1. The van der Waals surface area contributed by atoms with Crippen LogP contribution in [0.4, 0.5) is 0 Å². The van der Waals surface area contributed by atoms with Crippen molar-refractivity contribution in [3.63, 3.8) is 0 Å². The number of aryl methyl sites for hydroxylation is 1. The second-order valence-electron chi connectivity index (χ2n) is 8.73. The summed E-state index contributed by atoms with van der Waals surface area (Å²) in [5.74, 6) is 0.394. The molecular formula is C27H25ClN4O3. The number of nitrogens with zero attached hydrogens (tertiary/aromatic N) is 3. The smallest absolute Gasteiger partial charge is 0.326 e. The first-order chi connectivity index (χ1) is 16.8. The quantitative estimate of drug-likeness (QED) is 0.552. The zero-order chi connectivity index (χ0) is 24.7. The van der Waals surface area contributed by atoms with E-state index < -0.39 is 17.6 Å². The van der Waals surface area contributed by atoms with Gasteiger partial charge in [0.2, 0.25) is 0 Å². The van der Waals surface area contributed by atoms with Crippen molar-refractivity contribution < 1.29 is 14.6 Å². The fourth-order valence-corrected chi connectivity index (χ4v) is 5.21. The van der Waals surface area contributed by atoms with Gasteiger partial charge < -0.3 is 15.6 Å². The molecule has 0 fully saturated rings. The molecule has 0 amide bonds. The highest BCUT2D eigenvalue weighted by Gasteiger charge is 2.52. The number of halogens is 1. The van der Waals surface area contributed by atoms with Gasteiger partial charge in [-0.2, -0.15) is 0 Å². The molecule has 3 aromatic rings. The third-order valence-corrected chi connectivity index (χ3v) is 6.72. The highest BCUT2D eigenvalue weighted by Crippen LogP contribution is 2.44. The molecule has 0 radical (unpaired) electrons. The van der Waals surface area contributed by atoms with Crippen LogP contribution < -0.4 is 10.5 Å². The van der Waals surface area contributed by atoms with E-state index >= 15 is 0 Å². The minimum absolute atomic E-state index is 0.135. The number of hydrogen-bond acceptors (Lipinski definition) is 6. The maximum atomic E-state index is 12.1. The van der Waals surface area contributed by atoms with Crippen LogP contribution in [-0.4, -0.2) is 47.5 Å². The first-order valence-corrected chi connectivity index (χ1v) is 11.7. The minimum atomic E-state index is -1.10. The van der Waals surface area contributed by atoms with Gasteiger partial charge in [-0.15, -0.1) is 0 Å². The largest absolute Gasteiger partial charge is 0.497 e. The number of nitrogens with two attached hydrogens (primary N) is 1. The molecule has 8 heteroatoms. The van der Waals surface area contributed by atoms with Gasteiger partial charge in [0.15, 0.2) is 11.5 Å². The fraction of sp³-hybridized carbons (Fsp3) is 0.222. The molecule has 178 valence electrons. The van der Waals surface area contributed by atoms with Gasteiger partial charge in [-0.05, 0) is 71.5 Å². The van der Waals surface area contributed by atoms with E-state index in [0.29, 0.717) is 29.6 Å². The summed E-state index contributed by atoms with van der Waals surface area (Å²) >= 11 is 6.34. The Morgan fingerprint density at radius 2 is 1.89 bits per heavy atom. The number of guanidine groups is 1. The van der Waals surface area contributed by atoms with Gasteiger partial charge in [0.05, 0.1) is 7.11 Å². The third kappa shape index (κ3) is 3.82. The highest BCUT2D eigenvalue weighted by molar-refractivity contribution is 6.31. The van der Waals surface area contributed by atoms with Crippen molar-refractivity contribution >= 4 is 29.4 Å². The first kappa shape index (κ1) is 22.9. The Morgan fingerprint density at radius 1 is 1.11 bits per heavy atom. The van der Waals surface area contributed by atoms with Crippen LogP contribution in [-0.2, 0) is 10.3 Å². The molecule has 3 N–H and O–H groups in total. The molecule has 0 saturated carbocycles. The lowest BCUT2D eigenvalue weighted by Gasteiger charge is -2.36. The highest BCUT2D eigenvalue weighted by atomic mass is 35.5. The topological polar surface area (TPSA) is 101 Å². The van der Waals surface area contributed by atoms with Gasteiger partial charge in [-0.1, -0.05) is 48.0 Å². The summed E-state index contributed by atoms with van der Waals surface area (Å²) in [7, 11) is 1.61. The molecule has 1 unspecified atom stereocenters. The second kappa shape index (κ2) is 8.74. The lowest BCUT2D eigenvalue weighted by molar-refractivity contribution is -0.141. The van der Waals surface area contributed by atoms with Crippen LogP contribution in [0.1, 0.15) is 23.1 Å². The average molecular weight is 489 g/mol. The van der Waals surface area contributed by atoms with Crippen molar-refractivity contribution in [1.82, 2.24) is 4.90 Å². The Bertz CT molecular complexity index is 1350. The Hall–Kier alpha value is -3.84. The van der Waals surface area contributed by atoms with Crippen molar-refractivity contribution in [3.8, 4) is 16.9 Å². The SMILES string of the molecule is COc1ccc(C2(c3cccc(-c4cc(C)cc(Cl)c4)c3)N=C(N)N3C2=NCC[C@H]3C(=O)O)cc1. The van der Waals surface area contributed by atoms with E-state index in [1.54, 1.807) is 12.0 Å². The Kier molecular flexibility index (Phi) is 5.73. The summed E-state index contributed by atoms with van der Waals surface area (Å²) < 4.78 is 5.35. The number of carboxylic acid groups (broad SMARTS) is 1. The monoisotopic (exact) mass is 488 g/mol. The summed E-state index contributed by atoms with van der Waals surface area (Å²) in [5.41, 5.74) is 9.93. The molecule has 7 nitrogen and oxygen atoms in total. The van der Waals surface area contributed by atoms with E-state index in [1.165, 1.54) is 0 Å². The summed E-state index contributed by atoms with van der Waals surface area (Å²) in [6, 6.07) is 20.6. The van der Waals surface area contributed by atoms with Crippen LogP contribution in [0.3, 0.4) is 0 Å². The normalized spacial score (nSPS) is 21.2. The number of amidine groups is 1. The van der Waals surface area contributed by atoms with Crippen LogP contribution >= 0.6 is 11.6 Å². The van der Waals surface area contributed by atoms with Crippen molar-refractivity contribution in [1.29, 1.82) is 0 Å². The summed E-state index contributed by atoms with van der Waals surface area (Å²) in [6.45, 7) is 2.37. The number of fused-ring (bicyclic) bond motifs is 1. The molecule has 2 aliphatic rings. The first-order valence-electron chi connectivity index (χ1n) is 11.3. The zero-order valence-corrected chi connectivity index (χ0v) is 20.2. The Morgan fingerprint density at radius 3 is 2.57 bits per heavy atom. The molecule has 3 aromatic carbocycles. The maximum Gasteiger partial charge on any atom is 0.326 e. The number of aliphatic imine (C=N–C) groups is 2. The number of hydrogen-bond donors (Lipinski definition) is 2. The van der Waals surface area contributed by atoms with Crippen LogP contribution in [0.2, 0.25) is 5.02 Å². The molecule has 2 heterocycles. The molecule has 5 rings (SSSR count). The molecule has 35 heavy (non-hydrogen) atoms. The van der Waals surface area contributed by atoms with Crippen molar-refractivity contribution in [3.05, 3.63) is 88.4 Å². The van der Waals surface area contributed by atoms with Gasteiger partial charge in [-0.3, -0.25) is 9.89 Å². The van der Waals surface area contributed by atoms with E-state index in [4.69, 9.17) is 32.1 Å². The summed E-state index contributed by atoms with van der Waals surface area (Å²) in [4.78, 5) is 23.3. The van der Waals surface area contributed by atoms with Gasteiger partial charge in [0, 0.05) is 11.6 Å². The molecule has 0 bridgehead atoms. The van der Waals surface area contributed by atoms with Crippen LogP contribution in [0, 0.1) is 6.92 Å². The van der Waals surface area contributed by atoms with Crippen molar-refractivity contribution in [2.75, 3.05) is 13.7 Å². The van der Waals surface area contributed by atoms with Gasteiger partial charge >= 0.3 is 5.97 Å². The summed E-state index contributed by atoms with van der Waals surface area (Å²) in [6.07, 6.45) is 0.357. The molecule has 0 spiro atoms. The Labute approximate surface area is 208 Å². The van der Waals surface area contributed by atoms with Crippen molar-refractivity contribution in [2.24, 2.45) is 15.7 Å². The van der Waals surface area contributed by atoms with E-state index in [-0.39, 0.29) is 5.96 Å². The molecular weight excluding hydrogens is 464 g/mol. The predicted octanol–water partition coefficient (Wildman–Crippen LogP) is 4.45. The number of methoxy groups -OCH3 is 1. The minimum Gasteiger partial charge on any atom is -0.497 e. The van der Waals surface area contributed by atoms with Gasteiger partial charge in [0.25, 0.3) is 0 Å². The lowest BCUT2D eigenvalue weighted by Crippen LogP contribution is -2.54. The lowest BCUT2D eigenvalue weighted by atomic mass is 9.80. The van der Waals surface area contributed by atoms with E-state index in [9.17, 15) is 9.90 Å². The summed E-state index contributed by atoms with van der Waals surface area (Å²) in [5, 5.41) is 10.5. The third-order valence-electron chi connectivity index (χ3n) is 6.51. The van der Waals surface area contributed by atoms with Gasteiger partial charge in [-0.25, -0.2) is 9.79 Å². The molecule has 0 saturated heterocycles. The number of benzene rings is 3. The molecule has 0 aromatic heterocycles. The van der Waals surface area contributed by atoms with Crippen LogP contribution in [0.5, 0.6) is 5.75 Å². The van der Waals surface area contributed by atoms with Crippen LogP contribution in [0.25, 0.3) is 11.1 Å². The van der Waals surface area contributed by atoms with Gasteiger partial charge in [0.1, 0.15) is 17.6 Å². The number of rotatable bonds is 5. The fourth-order valence-electron chi connectivity index (χ4n) is 4.93. The standard InChI is InChI=1S/C27H25ClN4O3/c1-16-12-18(15-21(28)13-16)17-4-3-5-20(14-17)27(19-6-8-22(35-2)9-7-19)25-30-11-10-23(24(33)34)32(25)26(29)31-27/h3-9,12-15,23H,10-11H2,1-2H3,(H2,29,31)(H,33,34)/t23-,27?/m0/s1. The molecule has 2 atom stereocenters. The molecule has 2 aliphatic heterocycles. The van der Waals surface area contributed by atoms with Crippen LogP contribution in [0.15, 0.2) is 76.7 Å². The van der Waals surface area contributed by atoms with Crippen molar-refractivity contribution in [2.45, 2.75) is 24.9 Å². The Balaban J connectivity index is 1.74.